The van der Waals surface area contributed by atoms with Crippen LogP contribution in [-0.2, 0) is 0 Å². The van der Waals surface area contributed by atoms with E-state index in [2.05, 4.69) is 241 Å². The highest BCUT2D eigenvalue weighted by atomic mass is 15.0. The summed E-state index contributed by atoms with van der Waals surface area (Å²) >= 11 is 0. The van der Waals surface area contributed by atoms with E-state index in [0.29, 0.717) is 0 Å². The van der Waals surface area contributed by atoms with Gasteiger partial charge in [0.25, 0.3) is 0 Å². The maximum Gasteiger partial charge on any atom is 0.0541 e. The van der Waals surface area contributed by atoms with Gasteiger partial charge in [-0.2, -0.15) is 0 Å². The quantitative estimate of drug-likeness (QED) is 0.122. The lowest BCUT2D eigenvalue weighted by Crippen LogP contribution is -2.00. The molecule has 0 aliphatic carbocycles. The van der Waals surface area contributed by atoms with Crippen molar-refractivity contribution in [3.8, 4) is 50.4 Å². The Bertz CT molecular complexity index is 3400. The van der Waals surface area contributed by atoms with Crippen molar-refractivity contribution in [2.75, 3.05) is 0 Å². The number of rotatable bonds is 10. The van der Waals surface area contributed by atoms with E-state index in [1.807, 2.05) is 24.3 Å². The van der Waals surface area contributed by atoms with Gasteiger partial charge in [-0.1, -0.05) is 147 Å². The molecule has 0 bridgehead atoms. The number of hydrogen-bond acceptors (Lipinski definition) is 0. The highest BCUT2D eigenvalue weighted by molar-refractivity contribution is 6.10. The lowest BCUT2D eigenvalue weighted by molar-refractivity contribution is 1.04. The molecule has 3 aromatic heterocycles. The summed E-state index contributed by atoms with van der Waals surface area (Å²) < 4.78 is 7.15. The fraction of sp³-hybridized carbons (Fsp3) is 0.0323. The van der Waals surface area contributed by atoms with Gasteiger partial charge < -0.3 is 13.7 Å². The second-order valence-electron chi connectivity index (χ2n) is 16.7. The molecule has 0 saturated heterocycles. The van der Waals surface area contributed by atoms with E-state index in [9.17, 15) is 0 Å². The van der Waals surface area contributed by atoms with E-state index >= 15 is 0 Å². The van der Waals surface area contributed by atoms with E-state index in [0.717, 1.165) is 61.8 Å². The van der Waals surface area contributed by atoms with Crippen molar-refractivity contribution in [3.63, 3.8) is 0 Å². The summed E-state index contributed by atoms with van der Waals surface area (Å²) in [5, 5.41) is 5.00. The zero-order valence-corrected chi connectivity index (χ0v) is 36.6. The Morgan fingerprint density at radius 2 is 0.631 bits per heavy atom. The minimum Gasteiger partial charge on any atom is -0.310 e. The Morgan fingerprint density at radius 1 is 0.323 bits per heavy atom. The van der Waals surface area contributed by atoms with Crippen LogP contribution in [0.5, 0.6) is 0 Å². The fourth-order valence-electron chi connectivity index (χ4n) is 9.85. The molecular weight excluding hydrogens is 787 g/mol. The lowest BCUT2D eigenvalue weighted by atomic mass is 9.92. The third-order valence-electron chi connectivity index (χ3n) is 13.0. The molecule has 0 aliphatic rings. The SMILES string of the molecule is C=C/C=C\c1c(C)c(C)c(/C=C\C=C)n1-c1cccc(-c2cc(-c3cccc(-n4c5ccccc5c5ccccc54)c3)cc(-c3cccc(-n4c5ccccc5c5ccccc54)c3)c2)c1. The predicted octanol–water partition coefficient (Wildman–Crippen LogP) is 16.7. The first kappa shape index (κ1) is 39.4. The van der Waals surface area contributed by atoms with Gasteiger partial charge in [0, 0.05) is 50.0 Å². The first-order valence-corrected chi connectivity index (χ1v) is 22.2. The topological polar surface area (TPSA) is 14.8 Å². The van der Waals surface area contributed by atoms with Crippen molar-refractivity contribution in [2.45, 2.75) is 13.8 Å². The van der Waals surface area contributed by atoms with Gasteiger partial charge in [-0.05, 0) is 149 Å². The number of nitrogens with zero attached hydrogens (tertiary/aromatic N) is 3. The van der Waals surface area contributed by atoms with Crippen LogP contribution in [-0.4, -0.2) is 13.7 Å². The zero-order valence-electron chi connectivity index (χ0n) is 36.6. The van der Waals surface area contributed by atoms with Crippen LogP contribution in [0.25, 0.3) is 106 Å². The van der Waals surface area contributed by atoms with E-state index in [-0.39, 0.29) is 0 Å². The Kier molecular flexibility index (Phi) is 9.94. The van der Waals surface area contributed by atoms with Gasteiger partial charge in [0.2, 0.25) is 0 Å². The average Bonchev–Trinajstić information content (AvgIpc) is 3.97. The Morgan fingerprint density at radius 3 is 0.954 bits per heavy atom. The van der Waals surface area contributed by atoms with Crippen molar-refractivity contribution >= 4 is 55.8 Å². The summed E-state index contributed by atoms with van der Waals surface area (Å²) in [4.78, 5) is 0. The van der Waals surface area contributed by atoms with Gasteiger partial charge in [0.1, 0.15) is 0 Å². The molecule has 11 aromatic rings. The second kappa shape index (κ2) is 16.4. The molecule has 8 aromatic carbocycles. The number of fused-ring (bicyclic) bond motifs is 6. The molecule has 310 valence electrons. The Hall–Kier alpha value is -8.40. The molecule has 3 heterocycles. The first-order chi connectivity index (χ1) is 32.0. The number of hydrogen-bond donors (Lipinski definition) is 0. The van der Waals surface area contributed by atoms with Gasteiger partial charge in [-0.25, -0.2) is 0 Å². The minimum absolute atomic E-state index is 1.08. The van der Waals surface area contributed by atoms with E-state index in [1.54, 1.807) is 0 Å². The zero-order chi connectivity index (χ0) is 44.0. The summed E-state index contributed by atoms with van der Waals surface area (Å²) in [7, 11) is 0. The largest absolute Gasteiger partial charge is 0.310 e. The number of allylic oxidation sites excluding steroid dienone is 4. The highest BCUT2D eigenvalue weighted by Crippen LogP contribution is 2.39. The first-order valence-electron chi connectivity index (χ1n) is 22.2. The maximum atomic E-state index is 3.97. The molecule has 0 aliphatic heterocycles. The maximum absolute atomic E-state index is 3.97. The average molecular weight is 834 g/mol. The van der Waals surface area contributed by atoms with Gasteiger partial charge in [-0.15, -0.1) is 0 Å². The molecule has 3 heteroatoms. The predicted molar refractivity (Wildman–Crippen MR) is 279 cm³/mol. The molecule has 3 nitrogen and oxygen atoms in total. The van der Waals surface area contributed by atoms with Crippen LogP contribution in [0.1, 0.15) is 22.5 Å². The van der Waals surface area contributed by atoms with Crippen LogP contribution < -0.4 is 0 Å². The van der Waals surface area contributed by atoms with Crippen molar-refractivity contribution in [1.29, 1.82) is 0 Å². The van der Waals surface area contributed by atoms with E-state index in [4.69, 9.17) is 0 Å². The smallest absolute Gasteiger partial charge is 0.0541 e. The third kappa shape index (κ3) is 6.77. The third-order valence-corrected chi connectivity index (χ3v) is 13.0. The number of aromatic nitrogens is 3. The number of para-hydroxylation sites is 4. The van der Waals surface area contributed by atoms with Crippen molar-refractivity contribution in [2.24, 2.45) is 0 Å². The summed E-state index contributed by atoms with van der Waals surface area (Å²) in [6.45, 7) is 12.3. The second-order valence-corrected chi connectivity index (χ2v) is 16.7. The molecule has 0 saturated carbocycles. The Balaban J connectivity index is 1.12. The molecule has 0 amide bonds. The molecule has 0 atom stereocenters. The Labute approximate surface area is 380 Å². The molecule has 0 N–H and O–H groups in total. The van der Waals surface area contributed by atoms with Crippen molar-refractivity contribution in [1.82, 2.24) is 13.7 Å². The van der Waals surface area contributed by atoms with Gasteiger partial charge in [0.05, 0.1) is 22.1 Å². The summed E-state index contributed by atoms with van der Waals surface area (Å²) in [6.07, 6.45) is 12.0. The van der Waals surface area contributed by atoms with Crippen LogP contribution in [0.3, 0.4) is 0 Å². The van der Waals surface area contributed by atoms with Crippen LogP contribution >= 0.6 is 0 Å². The van der Waals surface area contributed by atoms with E-state index < -0.39 is 0 Å². The summed E-state index contributed by atoms with van der Waals surface area (Å²) in [5.74, 6) is 0. The van der Waals surface area contributed by atoms with Crippen molar-refractivity contribution in [3.05, 3.63) is 248 Å². The van der Waals surface area contributed by atoms with Crippen LogP contribution in [0, 0.1) is 13.8 Å². The molecule has 65 heavy (non-hydrogen) atoms. The van der Waals surface area contributed by atoms with Gasteiger partial charge in [-0.3, -0.25) is 0 Å². The van der Waals surface area contributed by atoms with E-state index in [1.165, 1.54) is 54.7 Å². The lowest BCUT2D eigenvalue weighted by Gasteiger charge is -2.16. The summed E-state index contributed by atoms with van der Waals surface area (Å²) in [5.41, 5.74) is 19.7. The highest BCUT2D eigenvalue weighted by Gasteiger charge is 2.18. The van der Waals surface area contributed by atoms with Crippen molar-refractivity contribution < 1.29 is 0 Å². The molecular formula is C62H47N3. The fourth-order valence-corrected chi connectivity index (χ4v) is 9.85. The summed E-state index contributed by atoms with van der Waals surface area (Å²) in [6, 6.07) is 68.9. The van der Waals surface area contributed by atoms with Gasteiger partial charge in [0.15, 0.2) is 0 Å². The molecule has 11 rings (SSSR count). The van der Waals surface area contributed by atoms with Crippen LogP contribution in [0.15, 0.2) is 226 Å². The monoisotopic (exact) mass is 833 g/mol. The molecule has 0 unspecified atom stereocenters. The molecule has 0 fully saturated rings. The standard InChI is InChI=1S/C62H47N3/c1-5-7-30-57-42(3)43(4)58(31-8-6-2)63(57)50-23-17-20-44(39-50)47-36-48(45-21-18-24-51(40-45)64-59-32-13-9-26-53(59)54-27-10-14-33-60(54)64)38-49(37-47)46-22-19-25-52(41-46)65-61-34-15-11-28-55(61)56-29-12-16-35-62(56)65/h5-41H,1-2H2,3-4H3/b30-7-,31-8-. The van der Waals surface area contributed by atoms with Crippen LogP contribution in [0.4, 0.5) is 0 Å². The van der Waals surface area contributed by atoms with Gasteiger partial charge >= 0.3 is 0 Å². The molecule has 0 spiro atoms. The minimum atomic E-state index is 1.08. The molecule has 0 radical (unpaired) electrons. The number of benzene rings is 8. The normalized spacial score (nSPS) is 11.8. The van der Waals surface area contributed by atoms with Crippen LogP contribution in [0.2, 0.25) is 0 Å².